The molecule has 2 rings (SSSR count). The fourth-order valence-electron chi connectivity index (χ4n) is 2.81. The van der Waals surface area contributed by atoms with Crippen LogP contribution in [0.25, 0.3) is 0 Å². The second-order valence-corrected chi connectivity index (χ2v) is 7.68. The molecule has 1 aliphatic carbocycles. The van der Waals surface area contributed by atoms with Gasteiger partial charge in [0.1, 0.15) is 5.41 Å². The molecule has 4 nitrogen and oxygen atoms in total. The van der Waals surface area contributed by atoms with Crippen LogP contribution in [0.4, 0.5) is 0 Å². The maximum Gasteiger partial charge on any atom is 0.152 e. The summed E-state index contributed by atoms with van der Waals surface area (Å²) in [7, 11) is -3.34. The van der Waals surface area contributed by atoms with E-state index in [4.69, 9.17) is 16.3 Å². The smallest absolute Gasteiger partial charge is 0.152 e. The summed E-state index contributed by atoms with van der Waals surface area (Å²) < 4.78 is 29.3. The van der Waals surface area contributed by atoms with Gasteiger partial charge in [0.15, 0.2) is 9.84 Å². The largest absolute Gasteiger partial charge is 0.380 e. The van der Waals surface area contributed by atoms with Gasteiger partial charge in [-0.1, -0.05) is 23.7 Å². The van der Waals surface area contributed by atoms with Crippen molar-refractivity contribution < 1.29 is 13.2 Å². The monoisotopic (exact) mass is 313 g/mol. The van der Waals surface area contributed by atoms with Crippen LogP contribution in [-0.4, -0.2) is 33.1 Å². The van der Waals surface area contributed by atoms with Gasteiger partial charge in [-0.3, -0.25) is 0 Å². The average Bonchev–Trinajstić information content (AvgIpc) is 3.06. The molecule has 1 aromatic rings. The molecule has 0 aromatic heterocycles. The number of nitrogens with zero attached hydrogens (tertiary/aromatic N) is 1. The molecule has 1 saturated carbocycles. The van der Waals surface area contributed by atoms with Crippen molar-refractivity contribution in [2.75, 3.05) is 19.5 Å². The quantitative estimate of drug-likeness (QED) is 0.837. The third-order valence-corrected chi connectivity index (χ3v) is 5.53. The van der Waals surface area contributed by atoms with Gasteiger partial charge < -0.3 is 4.74 Å². The van der Waals surface area contributed by atoms with E-state index in [1.54, 1.807) is 24.3 Å². The van der Waals surface area contributed by atoms with Crippen molar-refractivity contribution in [3.8, 4) is 6.07 Å². The summed E-state index contributed by atoms with van der Waals surface area (Å²) in [6.07, 6.45) is 1.17. The summed E-state index contributed by atoms with van der Waals surface area (Å²) in [6.45, 7) is 2.38. The molecule has 1 fully saturated rings. The highest BCUT2D eigenvalue weighted by Gasteiger charge is 2.71. The predicted molar refractivity (Wildman–Crippen MR) is 77.4 cm³/mol. The van der Waals surface area contributed by atoms with Crippen LogP contribution >= 0.6 is 11.6 Å². The topological polar surface area (TPSA) is 67.2 Å². The van der Waals surface area contributed by atoms with Gasteiger partial charge in [0.2, 0.25) is 0 Å². The zero-order valence-corrected chi connectivity index (χ0v) is 12.9. The molecule has 0 radical (unpaired) electrons. The maximum atomic E-state index is 12.0. The van der Waals surface area contributed by atoms with Crippen molar-refractivity contribution in [3.05, 3.63) is 34.9 Å². The summed E-state index contributed by atoms with van der Waals surface area (Å²) in [5.41, 5.74) is -0.233. The summed E-state index contributed by atoms with van der Waals surface area (Å²) in [5, 5.41) is 9.29. The van der Waals surface area contributed by atoms with E-state index in [1.165, 1.54) is 6.26 Å². The first-order valence-corrected chi connectivity index (χ1v) is 8.63. The first kappa shape index (κ1) is 15.3. The lowest BCUT2D eigenvalue weighted by Crippen LogP contribution is -2.18. The molecule has 6 heteroatoms. The van der Waals surface area contributed by atoms with Crippen molar-refractivity contribution in [1.82, 2.24) is 0 Å². The fourth-order valence-corrected chi connectivity index (χ4v) is 4.86. The molecule has 1 aromatic carbocycles. The van der Waals surface area contributed by atoms with Crippen molar-refractivity contribution in [3.63, 3.8) is 0 Å². The number of ether oxygens (including phenoxy) is 1. The Morgan fingerprint density at radius 2 is 2.20 bits per heavy atom. The number of benzene rings is 1. The Hall–Kier alpha value is -1.09. The SMILES string of the molecule is CCOC[C@@]1(C#N)[C@H](c2cccc(Cl)c2)[C@@H]1S(C)(=O)=O. The summed E-state index contributed by atoms with van der Waals surface area (Å²) in [6, 6.07) is 9.17. The van der Waals surface area contributed by atoms with E-state index in [-0.39, 0.29) is 12.5 Å². The van der Waals surface area contributed by atoms with Gasteiger partial charge in [0.05, 0.1) is 17.9 Å². The van der Waals surface area contributed by atoms with Crippen molar-refractivity contribution in [2.24, 2.45) is 5.41 Å². The van der Waals surface area contributed by atoms with E-state index >= 15 is 0 Å². The number of nitriles is 1. The van der Waals surface area contributed by atoms with Crippen molar-refractivity contribution in [2.45, 2.75) is 18.1 Å². The standard InChI is InChI=1S/C14H16ClNO3S/c1-3-19-9-14(8-16)12(13(14)20(2,17)18)10-5-4-6-11(15)7-10/h4-7,12-13H,3,9H2,1-2H3/t12-,13+,14+/m1/s1. The van der Waals surface area contributed by atoms with Crippen LogP contribution in [0, 0.1) is 16.7 Å². The Morgan fingerprint density at radius 1 is 1.50 bits per heavy atom. The highest BCUT2D eigenvalue weighted by Crippen LogP contribution is 2.62. The average molecular weight is 314 g/mol. The molecule has 3 atom stereocenters. The molecule has 0 amide bonds. The van der Waals surface area contributed by atoms with Crippen LogP contribution in [0.3, 0.4) is 0 Å². The van der Waals surface area contributed by atoms with Crippen LogP contribution in [0.15, 0.2) is 24.3 Å². The van der Waals surface area contributed by atoms with Gasteiger partial charge >= 0.3 is 0 Å². The molecule has 0 spiro atoms. The fraction of sp³-hybridized carbons (Fsp3) is 0.500. The molecule has 0 bridgehead atoms. The van der Waals surface area contributed by atoms with Crippen LogP contribution in [0.2, 0.25) is 5.02 Å². The minimum Gasteiger partial charge on any atom is -0.380 e. The van der Waals surface area contributed by atoms with Crippen molar-refractivity contribution >= 4 is 21.4 Å². The van der Waals surface area contributed by atoms with Gasteiger partial charge in [0.25, 0.3) is 0 Å². The Balaban J connectivity index is 2.43. The highest BCUT2D eigenvalue weighted by atomic mass is 35.5. The molecular formula is C14H16ClNO3S. The van der Waals surface area contributed by atoms with Gasteiger partial charge in [-0.15, -0.1) is 0 Å². The summed E-state index contributed by atoms with van der Waals surface area (Å²) in [5.74, 6) is -0.382. The van der Waals surface area contributed by atoms with E-state index in [1.807, 2.05) is 6.92 Å². The van der Waals surface area contributed by atoms with Crippen LogP contribution in [-0.2, 0) is 14.6 Å². The van der Waals surface area contributed by atoms with Crippen LogP contribution in [0.1, 0.15) is 18.4 Å². The maximum absolute atomic E-state index is 12.0. The lowest BCUT2D eigenvalue weighted by molar-refractivity contribution is 0.117. The molecule has 0 heterocycles. The van der Waals surface area contributed by atoms with Crippen molar-refractivity contribution in [1.29, 1.82) is 5.26 Å². The number of rotatable bonds is 5. The minimum absolute atomic E-state index is 0.120. The molecule has 20 heavy (non-hydrogen) atoms. The third-order valence-electron chi connectivity index (χ3n) is 3.68. The summed E-state index contributed by atoms with van der Waals surface area (Å²) in [4.78, 5) is 0. The highest BCUT2D eigenvalue weighted by molar-refractivity contribution is 7.91. The molecular weight excluding hydrogens is 298 g/mol. The van der Waals surface area contributed by atoms with E-state index in [2.05, 4.69) is 6.07 Å². The van der Waals surface area contributed by atoms with E-state index in [0.717, 1.165) is 5.56 Å². The molecule has 0 unspecified atom stereocenters. The second-order valence-electron chi connectivity index (χ2n) is 5.07. The third kappa shape index (κ3) is 2.56. The first-order valence-electron chi connectivity index (χ1n) is 6.30. The Morgan fingerprint density at radius 3 is 2.70 bits per heavy atom. The van der Waals surface area contributed by atoms with Crippen LogP contribution in [0.5, 0.6) is 0 Å². The second kappa shape index (κ2) is 5.36. The number of sulfone groups is 1. The number of hydrogen-bond donors (Lipinski definition) is 0. The Bertz CT molecular complexity index is 653. The normalized spacial score (nSPS) is 28.9. The van der Waals surface area contributed by atoms with Gasteiger partial charge in [0, 0.05) is 23.8 Å². The zero-order chi connectivity index (χ0) is 15.0. The van der Waals surface area contributed by atoms with Gasteiger partial charge in [-0.05, 0) is 24.6 Å². The minimum atomic E-state index is -3.34. The lowest BCUT2D eigenvalue weighted by Gasteiger charge is -2.08. The number of hydrogen-bond acceptors (Lipinski definition) is 4. The first-order chi connectivity index (χ1) is 9.36. The zero-order valence-electron chi connectivity index (χ0n) is 11.3. The molecule has 0 aliphatic heterocycles. The molecule has 0 saturated heterocycles. The molecule has 108 valence electrons. The van der Waals surface area contributed by atoms with Gasteiger partial charge in [-0.2, -0.15) is 5.26 Å². The summed E-state index contributed by atoms with van der Waals surface area (Å²) >= 11 is 5.96. The van der Waals surface area contributed by atoms with Crippen LogP contribution < -0.4 is 0 Å². The van der Waals surface area contributed by atoms with E-state index in [0.29, 0.717) is 11.6 Å². The predicted octanol–water partition coefficient (Wildman–Crippen LogP) is 2.40. The molecule has 1 aliphatic rings. The molecule has 0 N–H and O–H groups in total. The van der Waals surface area contributed by atoms with Gasteiger partial charge in [-0.25, -0.2) is 8.42 Å². The Kier molecular flexibility index (Phi) is 4.10. The number of halogens is 1. The van der Waals surface area contributed by atoms with E-state index in [9.17, 15) is 13.7 Å². The van der Waals surface area contributed by atoms with E-state index < -0.39 is 20.5 Å². The Labute approximate surface area is 124 Å². The lowest BCUT2D eigenvalue weighted by atomic mass is 10.0.